The van der Waals surface area contributed by atoms with Gasteiger partial charge < -0.3 is 5.32 Å². The molecule has 5 nitrogen and oxygen atoms in total. The van der Waals surface area contributed by atoms with Crippen LogP contribution in [-0.2, 0) is 10.0 Å². The molecular weight excluding hydrogens is 348 g/mol. The number of halogens is 1. The lowest BCUT2D eigenvalue weighted by molar-refractivity contribution is 0.0952. The fourth-order valence-electron chi connectivity index (χ4n) is 2.04. The predicted octanol–water partition coefficient (Wildman–Crippen LogP) is 2.70. The average Bonchev–Trinajstić information content (AvgIpc) is 2.55. The minimum atomic E-state index is -3.56. The summed E-state index contributed by atoms with van der Waals surface area (Å²) in [6, 6.07) is 13.1. The van der Waals surface area contributed by atoms with E-state index in [2.05, 4.69) is 5.32 Å². The molecule has 0 aliphatic rings. The van der Waals surface area contributed by atoms with Crippen molar-refractivity contribution in [1.29, 1.82) is 0 Å². The van der Waals surface area contributed by atoms with Gasteiger partial charge in [0.2, 0.25) is 10.0 Å². The van der Waals surface area contributed by atoms with Crippen LogP contribution in [0.5, 0.6) is 0 Å². The van der Waals surface area contributed by atoms with Crippen LogP contribution in [0, 0.1) is 6.92 Å². The maximum atomic E-state index is 12.4. The first-order valence-corrected chi connectivity index (χ1v) is 9.19. The maximum Gasteiger partial charge on any atom is 0.251 e. The van der Waals surface area contributed by atoms with Crippen molar-refractivity contribution in [1.82, 2.24) is 9.62 Å². The molecule has 0 fully saturated rings. The fraction of sp³-hybridized carbons (Fsp3) is 0.235. The van der Waals surface area contributed by atoms with E-state index in [0.29, 0.717) is 10.6 Å². The van der Waals surface area contributed by atoms with Crippen LogP contribution in [0.1, 0.15) is 15.9 Å². The zero-order chi connectivity index (χ0) is 17.7. The number of hydrogen-bond donors (Lipinski definition) is 1. The molecule has 0 aliphatic carbocycles. The quantitative estimate of drug-likeness (QED) is 0.854. The number of amides is 1. The number of nitrogens with one attached hydrogen (secondary N) is 1. The number of rotatable bonds is 6. The van der Waals surface area contributed by atoms with E-state index in [1.807, 2.05) is 6.92 Å². The Bertz CT molecular complexity index is 803. The van der Waals surface area contributed by atoms with Gasteiger partial charge in [0.1, 0.15) is 0 Å². The number of nitrogens with zero attached hydrogens (tertiary/aromatic N) is 1. The second kappa shape index (κ2) is 7.79. The highest BCUT2D eigenvalue weighted by Crippen LogP contribution is 2.14. The molecule has 0 unspecified atom stereocenters. The standard InChI is InChI=1S/C17H19ClN2O3S/c1-13-3-9-16(10-4-13)24(22,23)20(2)12-11-19-17(21)14-5-7-15(18)8-6-14/h3-10H,11-12H2,1-2H3,(H,19,21). The molecule has 2 rings (SSSR count). The number of hydrogen-bond acceptors (Lipinski definition) is 3. The third-order valence-electron chi connectivity index (χ3n) is 3.55. The number of carbonyl (C=O) groups excluding carboxylic acids is 1. The van der Waals surface area contributed by atoms with E-state index in [1.54, 1.807) is 48.5 Å². The van der Waals surface area contributed by atoms with Gasteiger partial charge in [-0.05, 0) is 43.3 Å². The van der Waals surface area contributed by atoms with E-state index in [-0.39, 0.29) is 23.9 Å². The topological polar surface area (TPSA) is 66.5 Å². The molecule has 128 valence electrons. The highest BCUT2D eigenvalue weighted by molar-refractivity contribution is 7.89. The zero-order valence-electron chi connectivity index (χ0n) is 13.5. The molecule has 0 aliphatic heterocycles. The lowest BCUT2D eigenvalue weighted by atomic mass is 10.2. The summed E-state index contributed by atoms with van der Waals surface area (Å²) in [6.07, 6.45) is 0. The van der Waals surface area contributed by atoms with Gasteiger partial charge in [0.05, 0.1) is 4.90 Å². The number of benzene rings is 2. The van der Waals surface area contributed by atoms with Crippen LogP contribution in [0.25, 0.3) is 0 Å². The molecule has 24 heavy (non-hydrogen) atoms. The minimum absolute atomic E-state index is 0.176. The Labute approximate surface area is 147 Å². The first kappa shape index (κ1) is 18.4. The first-order chi connectivity index (χ1) is 11.3. The molecule has 0 saturated heterocycles. The van der Waals surface area contributed by atoms with Crippen LogP contribution in [0.15, 0.2) is 53.4 Å². The summed E-state index contributed by atoms with van der Waals surface area (Å²) in [5, 5.41) is 3.25. The number of sulfonamides is 1. The van der Waals surface area contributed by atoms with Gasteiger partial charge in [-0.1, -0.05) is 29.3 Å². The van der Waals surface area contributed by atoms with Crippen LogP contribution in [0.2, 0.25) is 5.02 Å². The molecule has 0 radical (unpaired) electrons. The molecular formula is C17H19ClN2O3S. The summed E-state index contributed by atoms with van der Waals surface area (Å²) >= 11 is 5.78. The van der Waals surface area contributed by atoms with Crippen molar-refractivity contribution in [2.75, 3.05) is 20.1 Å². The first-order valence-electron chi connectivity index (χ1n) is 7.37. The molecule has 7 heteroatoms. The SMILES string of the molecule is Cc1ccc(S(=O)(=O)N(C)CCNC(=O)c2ccc(Cl)cc2)cc1. The second-order valence-electron chi connectivity index (χ2n) is 5.40. The van der Waals surface area contributed by atoms with E-state index in [1.165, 1.54) is 11.4 Å². The highest BCUT2D eigenvalue weighted by Gasteiger charge is 2.20. The molecule has 0 spiro atoms. The van der Waals surface area contributed by atoms with E-state index < -0.39 is 10.0 Å². The minimum Gasteiger partial charge on any atom is -0.351 e. The lowest BCUT2D eigenvalue weighted by Gasteiger charge is -2.17. The molecule has 1 N–H and O–H groups in total. The van der Waals surface area contributed by atoms with Gasteiger partial charge in [-0.25, -0.2) is 8.42 Å². The normalized spacial score (nSPS) is 11.5. The summed E-state index contributed by atoms with van der Waals surface area (Å²) in [7, 11) is -2.07. The van der Waals surface area contributed by atoms with E-state index in [9.17, 15) is 13.2 Å². The van der Waals surface area contributed by atoms with Crippen molar-refractivity contribution in [2.45, 2.75) is 11.8 Å². The highest BCUT2D eigenvalue weighted by atomic mass is 35.5. The van der Waals surface area contributed by atoms with Crippen molar-refractivity contribution in [2.24, 2.45) is 0 Å². The molecule has 1 amide bonds. The van der Waals surface area contributed by atoms with Crippen LogP contribution >= 0.6 is 11.6 Å². The van der Waals surface area contributed by atoms with E-state index >= 15 is 0 Å². The van der Waals surface area contributed by atoms with Gasteiger partial charge in [0, 0.05) is 30.7 Å². The van der Waals surface area contributed by atoms with Crippen LogP contribution < -0.4 is 5.32 Å². The Morgan fingerprint density at radius 1 is 1.08 bits per heavy atom. The van der Waals surface area contributed by atoms with Crippen molar-refractivity contribution >= 4 is 27.5 Å². The van der Waals surface area contributed by atoms with Crippen molar-refractivity contribution in [3.05, 3.63) is 64.7 Å². The number of carbonyl (C=O) groups is 1. The van der Waals surface area contributed by atoms with E-state index in [0.717, 1.165) is 5.56 Å². The molecule has 2 aromatic rings. The summed E-state index contributed by atoms with van der Waals surface area (Å²) in [4.78, 5) is 12.2. The fourth-order valence-corrected chi connectivity index (χ4v) is 3.34. The Morgan fingerprint density at radius 3 is 2.25 bits per heavy atom. The Morgan fingerprint density at radius 2 is 1.67 bits per heavy atom. The van der Waals surface area contributed by atoms with Crippen LogP contribution in [0.4, 0.5) is 0 Å². The molecule has 0 bridgehead atoms. The zero-order valence-corrected chi connectivity index (χ0v) is 15.1. The Hall–Kier alpha value is -1.89. The Balaban J connectivity index is 1.92. The molecule has 0 atom stereocenters. The van der Waals surface area contributed by atoms with Gasteiger partial charge in [0.15, 0.2) is 0 Å². The predicted molar refractivity (Wildman–Crippen MR) is 94.8 cm³/mol. The van der Waals surface area contributed by atoms with Gasteiger partial charge in [-0.15, -0.1) is 0 Å². The lowest BCUT2D eigenvalue weighted by Crippen LogP contribution is -2.36. The van der Waals surface area contributed by atoms with Crippen molar-refractivity contribution < 1.29 is 13.2 Å². The van der Waals surface area contributed by atoms with Gasteiger partial charge >= 0.3 is 0 Å². The average molecular weight is 367 g/mol. The van der Waals surface area contributed by atoms with Gasteiger partial charge in [-0.3, -0.25) is 4.79 Å². The van der Waals surface area contributed by atoms with Gasteiger partial charge in [-0.2, -0.15) is 4.31 Å². The summed E-state index contributed by atoms with van der Waals surface area (Å²) < 4.78 is 26.1. The smallest absolute Gasteiger partial charge is 0.251 e. The third kappa shape index (κ3) is 4.56. The summed E-state index contributed by atoms with van der Waals surface area (Å²) in [5.74, 6) is -0.271. The summed E-state index contributed by atoms with van der Waals surface area (Å²) in [5.41, 5.74) is 1.47. The molecule has 0 heterocycles. The maximum absolute atomic E-state index is 12.4. The Kier molecular flexibility index (Phi) is 5.99. The van der Waals surface area contributed by atoms with Crippen LogP contribution in [0.3, 0.4) is 0 Å². The van der Waals surface area contributed by atoms with Crippen molar-refractivity contribution in [3.63, 3.8) is 0 Å². The third-order valence-corrected chi connectivity index (χ3v) is 5.67. The largest absolute Gasteiger partial charge is 0.351 e. The molecule has 0 aromatic heterocycles. The monoisotopic (exact) mass is 366 g/mol. The molecule has 2 aromatic carbocycles. The van der Waals surface area contributed by atoms with Gasteiger partial charge in [0.25, 0.3) is 5.91 Å². The van der Waals surface area contributed by atoms with E-state index in [4.69, 9.17) is 11.6 Å². The second-order valence-corrected chi connectivity index (χ2v) is 7.88. The van der Waals surface area contributed by atoms with Crippen molar-refractivity contribution in [3.8, 4) is 0 Å². The molecule has 0 saturated carbocycles. The van der Waals surface area contributed by atoms with Crippen LogP contribution in [-0.4, -0.2) is 38.8 Å². The summed E-state index contributed by atoms with van der Waals surface area (Å²) in [6.45, 7) is 2.28. The number of aryl methyl sites for hydroxylation is 1. The number of likely N-dealkylation sites (N-methyl/N-ethyl adjacent to an activating group) is 1.